The Morgan fingerprint density at radius 2 is 1.56 bits per heavy atom. The summed E-state index contributed by atoms with van der Waals surface area (Å²) in [6, 6.07) is 0. The summed E-state index contributed by atoms with van der Waals surface area (Å²) in [5.74, 6) is 0.180. The Kier molecular flexibility index (Phi) is 3.03. The minimum atomic E-state index is -2.94. The van der Waals surface area contributed by atoms with E-state index in [-0.39, 0.29) is 11.5 Å². The van der Waals surface area contributed by atoms with E-state index in [1.807, 2.05) is 0 Å². The SMILES string of the molecule is NC1(C2(O)CCOCC2)CCS(=O)(=O)CC1. The number of hydrogen-bond donors (Lipinski definition) is 2. The molecule has 0 aromatic carbocycles. The Balaban J connectivity index is 2.13. The van der Waals surface area contributed by atoms with Crippen molar-refractivity contribution in [2.45, 2.75) is 36.8 Å². The molecule has 0 aromatic heterocycles. The molecule has 2 rings (SSSR count). The largest absolute Gasteiger partial charge is 0.388 e. The molecule has 2 saturated heterocycles. The van der Waals surface area contributed by atoms with Crippen molar-refractivity contribution < 1.29 is 18.3 Å². The molecule has 0 unspecified atom stereocenters. The zero-order valence-electron chi connectivity index (χ0n) is 9.31. The second-order valence-electron chi connectivity index (χ2n) is 4.95. The van der Waals surface area contributed by atoms with Crippen molar-refractivity contribution in [1.82, 2.24) is 0 Å². The molecule has 0 aliphatic carbocycles. The van der Waals surface area contributed by atoms with Gasteiger partial charge in [-0.15, -0.1) is 0 Å². The van der Waals surface area contributed by atoms with Crippen LogP contribution < -0.4 is 5.73 Å². The van der Waals surface area contributed by atoms with Crippen LogP contribution in [0.1, 0.15) is 25.7 Å². The highest BCUT2D eigenvalue weighted by Gasteiger charge is 2.50. The minimum Gasteiger partial charge on any atom is -0.388 e. The number of hydrogen-bond acceptors (Lipinski definition) is 5. The van der Waals surface area contributed by atoms with Crippen LogP contribution in [-0.2, 0) is 14.6 Å². The first-order valence-electron chi connectivity index (χ1n) is 5.66. The Bertz CT molecular complexity index is 345. The van der Waals surface area contributed by atoms with Crippen molar-refractivity contribution in [2.24, 2.45) is 5.73 Å². The average molecular weight is 249 g/mol. The second kappa shape index (κ2) is 3.94. The molecule has 0 aromatic rings. The first-order valence-corrected chi connectivity index (χ1v) is 7.49. The molecule has 2 aliphatic rings. The molecule has 16 heavy (non-hydrogen) atoms. The molecule has 0 amide bonds. The van der Waals surface area contributed by atoms with Gasteiger partial charge in [-0.2, -0.15) is 0 Å². The summed E-state index contributed by atoms with van der Waals surface area (Å²) in [6.45, 7) is 1.00. The van der Waals surface area contributed by atoms with Crippen LogP contribution in [0.4, 0.5) is 0 Å². The summed E-state index contributed by atoms with van der Waals surface area (Å²) in [4.78, 5) is 0. The summed E-state index contributed by atoms with van der Waals surface area (Å²) < 4.78 is 27.9. The van der Waals surface area contributed by atoms with Gasteiger partial charge in [0.25, 0.3) is 0 Å². The molecule has 0 radical (unpaired) electrons. The van der Waals surface area contributed by atoms with E-state index in [0.717, 1.165) is 0 Å². The highest BCUT2D eigenvalue weighted by atomic mass is 32.2. The van der Waals surface area contributed by atoms with Gasteiger partial charge in [0.1, 0.15) is 9.84 Å². The Morgan fingerprint density at radius 3 is 2.06 bits per heavy atom. The lowest BCUT2D eigenvalue weighted by atomic mass is 9.72. The van der Waals surface area contributed by atoms with Gasteiger partial charge >= 0.3 is 0 Å². The third kappa shape index (κ3) is 2.11. The van der Waals surface area contributed by atoms with E-state index in [1.165, 1.54) is 0 Å². The number of aliphatic hydroxyl groups is 1. The first kappa shape index (κ1) is 12.3. The summed E-state index contributed by atoms with van der Waals surface area (Å²) in [5, 5.41) is 10.5. The van der Waals surface area contributed by atoms with Crippen LogP contribution in [0.2, 0.25) is 0 Å². The zero-order chi connectivity index (χ0) is 11.9. The number of ether oxygens (including phenoxy) is 1. The summed E-state index contributed by atoms with van der Waals surface area (Å²) in [7, 11) is -2.94. The minimum absolute atomic E-state index is 0.0899. The molecular formula is C10H19NO4S. The normalized spacial score (nSPS) is 32.1. The third-order valence-electron chi connectivity index (χ3n) is 3.97. The zero-order valence-corrected chi connectivity index (χ0v) is 10.1. The maximum absolute atomic E-state index is 11.4. The number of nitrogens with two attached hydrogens (primary N) is 1. The summed E-state index contributed by atoms with van der Waals surface area (Å²) in [5.41, 5.74) is 4.50. The van der Waals surface area contributed by atoms with Gasteiger partial charge in [0.15, 0.2) is 0 Å². The van der Waals surface area contributed by atoms with Crippen molar-refractivity contribution in [2.75, 3.05) is 24.7 Å². The van der Waals surface area contributed by atoms with Gasteiger partial charge < -0.3 is 15.6 Å². The van der Waals surface area contributed by atoms with E-state index in [0.29, 0.717) is 38.9 Å². The molecule has 6 heteroatoms. The van der Waals surface area contributed by atoms with Crippen molar-refractivity contribution in [3.8, 4) is 0 Å². The lowest BCUT2D eigenvalue weighted by Crippen LogP contribution is -2.65. The second-order valence-corrected chi connectivity index (χ2v) is 7.26. The van der Waals surface area contributed by atoms with Crippen molar-refractivity contribution in [3.05, 3.63) is 0 Å². The fourth-order valence-corrected chi connectivity index (χ4v) is 4.13. The fraction of sp³-hybridized carbons (Fsp3) is 1.00. The van der Waals surface area contributed by atoms with Gasteiger partial charge in [0.05, 0.1) is 17.1 Å². The van der Waals surface area contributed by atoms with Crippen LogP contribution >= 0.6 is 0 Å². The maximum atomic E-state index is 11.4. The quantitative estimate of drug-likeness (QED) is 0.650. The molecule has 0 saturated carbocycles. The average Bonchev–Trinajstić information content (AvgIpc) is 2.24. The van der Waals surface area contributed by atoms with Gasteiger partial charge in [-0.1, -0.05) is 0 Å². The van der Waals surface area contributed by atoms with Crippen molar-refractivity contribution >= 4 is 9.84 Å². The smallest absolute Gasteiger partial charge is 0.150 e. The van der Waals surface area contributed by atoms with Crippen LogP contribution in [0.5, 0.6) is 0 Å². The molecule has 2 fully saturated rings. The highest BCUT2D eigenvalue weighted by molar-refractivity contribution is 7.91. The van der Waals surface area contributed by atoms with Crippen molar-refractivity contribution in [1.29, 1.82) is 0 Å². The van der Waals surface area contributed by atoms with Crippen LogP contribution in [0.15, 0.2) is 0 Å². The van der Waals surface area contributed by atoms with E-state index in [1.54, 1.807) is 0 Å². The molecule has 5 nitrogen and oxygen atoms in total. The van der Waals surface area contributed by atoms with E-state index in [2.05, 4.69) is 0 Å². The van der Waals surface area contributed by atoms with Crippen LogP contribution in [0.25, 0.3) is 0 Å². The Morgan fingerprint density at radius 1 is 1.06 bits per heavy atom. The van der Waals surface area contributed by atoms with E-state index in [4.69, 9.17) is 10.5 Å². The van der Waals surface area contributed by atoms with Gasteiger partial charge in [-0.3, -0.25) is 0 Å². The van der Waals surface area contributed by atoms with Crippen LogP contribution in [0, 0.1) is 0 Å². The Hall–Kier alpha value is -0.170. The van der Waals surface area contributed by atoms with Gasteiger partial charge in [-0.05, 0) is 12.8 Å². The molecule has 0 atom stereocenters. The van der Waals surface area contributed by atoms with E-state index in [9.17, 15) is 13.5 Å². The predicted octanol–water partition coefficient (Wildman–Crippen LogP) is -0.566. The summed E-state index contributed by atoms with van der Waals surface area (Å²) >= 11 is 0. The van der Waals surface area contributed by atoms with Crippen LogP contribution in [0.3, 0.4) is 0 Å². The molecule has 0 bridgehead atoms. The molecule has 2 heterocycles. The van der Waals surface area contributed by atoms with Gasteiger partial charge in [-0.25, -0.2) is 8.42 Å². The highest BCUT2D eigenvalue weighted by Crippen LogP contribution is 2.38. The molecular weight excluding hydrogens is 230 g/mol. The lowest BCUT2D eigenvalue weighted by molar-refractivity contribution is -0.112. The fourth-order valence-electron chi connectivity index (χ4n) is 2.57. The Labute approximate surface area is 95.9 Å². The standard InChI is InChI=1S/C10H19NO4S/c11-9(3-7-16(13,14)8-4-9)10(12)1-5-15-6-2-10/h12H,1-8,11H2. The van der Waals surface area contributed by atoms with E-state index < -0.39 is 21.0 Å². The first-order chi connectivity index (χ1) is 7.37. The number of sulfone groups is 1. The van der Waals surface area contributed by atoms with Crippen LogP contribution in [-0.4, -0.2) is 49.4 Å². The molecule has 0 spiro atoms. The van der Waals surface area contributed by atoms with Gasteiger partial charge in [0, 0.05) is 31.6 Å². The lowest BCUT2D eigenvalue weighted by Gasteiger charge is -2.48. The third-order valence-corrected chi connectivity index (χ3v) is 5.62. The van der Waals surface area contributed by atoms with E-state index >= 15 is 0 Å². The summed E-state index contributed by atoms with van der Waals surface area (Å²) in [6.07, 6.45) is 1.71. The molecule has 94 valence electrons. The molecule has 3 N–H and O–H groups in total. The number of rotatable bonds is 1. The van der Waals surface area contributed by atoms with Gasteiger partial charge in [0.2, 0.25) is 0 Å². The maximum Gasteiger partial charge on any atom is 0.150 e. The topological polar surface area (TPSA) is 89.6 Å². The monoisotopic (exact) mass is 249 g/mol. The molecule has 2 aliphatic heterocycles. The van der Waals surface area contributed by atoms with Crippen molar-refractivity contribution in [3.63, 3.8) is 0 Å². The predicted molar refractivity (Wildman–Crippen MR) is 59.8 cm³/mol.